The van der Waals surface area contributed by atoms with Crippen molar-refractivity contribution in [3.05, 3.63) is 47.3 Å². The Labute approximate surface area is 108 Å². The van der Waals surface area contributed by atoms with E-state index in [1.165, 1.54) is 11.3 Å². The molecule has 2 nitrogen and oxygen atoms in total. The summed E-state index contributed by atoms with van der Waals surface area (Å²) in [6.45, 7) is 6.42. The van der Waals surface area contributed by atoms with E-state index in [9.17, 15) is 0 Å². The zero-order chi connectivity index (χ0) is 12.7. The highest BCUT2D eigenvalue weighted by atomic mass is 14.9. The molecule has 1 unspecified atom stereocenters. The van der Waals surface area contributed by atoms with Crippen LogP contribution in [0.4, 0.5) is 0 Å². The van der Waals surface area contributed by atoms with E-state index >= 15 is 0 Å². The van der Waals surface area contributed by atoms with E-state index in [2.05, 4.69) is 50.3 Å². The molecule has 2 atom stereocenters. The van der Waals surface area contributed by atoms with E-state index in [1.807, 2.05) is 6.92 Å². The molecule has 0 N–H and O–H groups in total. The second-order valence-corrected chi connectivity index (χ2v) is 5.38. The Morgan fingerprint density at radius 2 is 1.89 bits per heavy atom. The Morgan fingerprint density at radius 3 is 2.67 bits per heavy atom. The van der Waals surface area contributed by atoms with Gasteiger partial charge in [-0.25, -0.2) is 0 Å². The summed E-state index contributed by atoms with van der Waals surface area (Å²) in [5, 5.41) is 0. The van der Waals surface area contributed by atoms with Gasteiger partial charge in [0.05, 0.1) is 5.69 Å². The van der Waals surface area contributed by atoms with Gasteiger partial charge in [-0.15, -0.1) is 0 Å². The van der Waals surface area contributed by atoms with E-state index in [0.29, 0.717) is 11.8 Å². The summed E-state index contributed by atoms with van der Waals surface area (Å²) in [6.07, 6.45) is 8.83. The van der Waals surface area contributed by atoms with Gasteiger partial charge in [-0.3, -0.25) is 9.98 Å². The maximum Gasteiger partial charge on any atom is 0.103 e. The predicted molar refractivity (Wildman–Crippen MR) is 75.7 cm³/mol. The summed E-state index contributed by atoms with van der Waals surface area (Å²) in [7, 11) is 0. The number of nitrogens with zero attached hydrogens (tertiary/aromatic N) is 2. The number of hydrogen-bond donors (Lipinski definition) is 0. The molecule has 2 heteroatoms. The van der Waals surface area contributed by atoms with E-state index in [1.54, 1.807) is 0 Å². The number of aryl methyl sites for hydroxylation is 1. The van der Waals surface area contributed by atoms with Crippen LogP contribution in [-0.4, -0.2) is 10.7 Å². The molecule has 0 radical (unpaired) electrons. The topological polar surface area (TPSA) is 25.2 Å². The van der Waals surface area contributed by atoms with E-state index in [4.69, 9.17) is 9.98 Å². The number of pyridine rings is 1. The van der Waals surface area contributed by atoms with Gasteiger partial charge < -0.3 is 0 Å². The van der Waals surface area contributed by atoms with Gasteiger partial charge in [0, 0.05) is 17.3 Å². The molecule has 0 bridgehead atoms. The number of allylic oxidation sites excluding steroid dienone is 1. The second kappa shape index (κ2) is 4.20. The summed E-state index contributed by atoms with van der Waals surface area (Å²) in [4.78, 5) is 9.60. The summed E-state index contributed by atoms with van der Waals surface area (Å²) < 4.78 is 0. The first-order valence-corrected chi connectivity index (χ1v) is 6.57. The van der Waals surface area contributed by atoms with Crippen molar-refractivity contribution in [2.45, 2.75) is 26.8 Å². The highest BCUT2D eigenvalue weighted by Crippen LogP contribution is 2.37. The third-order valence-electron chi connectivity index (χ3n) is 3.61. The fourth-order valence-corrected chi connectivity index (χ4v) is 2.54. The summed E-state index contributed by atoms with van der Waals surface area (Å²) in [5.41, 5.74) is 4.59. The number of aromatic nitrogens is 1. The molecule has 2 heterocycles. The Bertz CT molecular complexity index is 564. The molecule has 0 spiro atoms. The van der Waals surface area contributed by atoms with Gasteiger partial charge in [-0.05, 0) is 30.5 Å². The molecule has 0 amide bonds. The van der Waals surface area contributed by atoms with Gasteiger partial charge in [0.25, 0.3) is 0 Å². The van der Waals surface area contributed by atoms with Crippen molar-refractivity contribution in [2.24, 2.45) is 16.8 Å². The average molecular weight is 238 g/mol. The fraction of sp³-hybridized carbons (Fsp3) is 0.375. The van der Waals surface area contributed by atoms with Gasteiger partial charge >= 0.3 is 0 Å². The Kier molecular flexibility index (Phi) is 2.66. The number of rotatable bonds is 1. The van der Waals surface area contributed by atoms with E-state index < -0.39 is 0 Å². The molecule has 0 saturated carbocycles. The lowest BCUT2D eigenvalue weighted by atomic mass is 9.85. The number of aliphatic imine (C=N–C) groups is 1. The zero-order valence-electron chi connectivity index (χ0n) is 11.1. The Balaban J connectivity index is 2.09. The van der Waals surface area contributed by atoms with Crippen molar-refractivity contribution < 1.29 is 0 Å². The first kappa shape index (κ1) is 11.4. The number of fused-ring (bicyclic) bond motifs is 3. The fourth-order valence-electron chi connectivity index (χ4n) is 2.54. The zero-order valence-corrected chi connectivity index (χ0v) is 11.1. The first-order chi connectivity index (χ1) is 8.65. The highest BCUT2D eigenvalue weighted by Gasteiger charge is 2.28. The van der Waals surface area contributed by atoms with Crippen molar-refractivity contribution in [3.8, 4) is 0 Å². The lowest BCUT2D eigenvalue weighted by molar-refractivity contribution is 0.583. The predicted octanol–water partition coefficient (Wildman–Crippen LogP) is 3.74. The maximum absolute atomic E-state index is 4.90. The minimum absolute atomic E-state index is 0.173. The first-order valence-electron chi connectivity index (χ1n) is 6.57. The van der Waals surface area contributed by atoms with Crippen LogP contribution in [-0.2, 0) is 0 Å². The van der Waals surface area contributed by atoms with Crippen LogP contribution in [0.15, 0.2) is 35.4 Å². The molecule has 1 aliphatic carbocycles. The molecule has 1 aliphatic heterocycles. The monoisotopic (exact) mass is 238 g/mol. The van der Waals surface area contributed by atoms with Gasteiger partial charge in [0.2, 0.25) is 0 Å². The second-order valence-electron chi connectivity index (χ2n) is 5.38. The third-order valence-corrected chi connectivity index (χ3v) is 3.61. The van der Waals surface area contributed by atoms with Crippen LogP contribution >= 0.6 is 0 Å². The van der Waals surface area contributed by atoms with Gasteiger partial charge in [0.15, 0.2) is 0 Å². The van der Waals surface area contributed by atoms with E-state index in [-0.39, 0.29) is 6.04 Å². The molecule has 92 valence electrons. The normalized spacial score (nSPS) is 24.8. The minimum Gasteiger partial charge on any atom is -0.279 e. The van der Waals surface area contributed by atoms with Crippen LogP contribution in [0.2, 0.25) is 0 Å². The molecule has 18 heavy (non-hydrogen) atoms. The standard InChI is InChI=1S/C16H18N2/c1-10(2)14-9-8-13-7-6-12-5-4-11(3)17-15(12)16(13)18-14/h4-10,13,16H,1-3H3/t13-,16?/m0/s1. The molecular formula is C16H18N2. The summed E-state index contributed by atoms with van der Waals surface area (Å²) in [5.74, 6) is 0.843. The molecule has 0 aromatic carbocycles. The smallest absolute Gasteiger partial charge is 0.103 e. The maximum atomic E-state index is 4.90. The molecule has 1 aromatic heterocycles. The highest BCUT2D eigenvalue weighted by molar-refractivity contribution is 5.97. The molecular weight excluding hydrogens is 220 g/mol. The van der Waals surface area contributed by atoms with Crippen molar-refractivity contribution in [2.75, 3.05) is 0 Å². The Hall–Kier alpha value is -1.70. The number of hydrogen-bond acceptors (Lipinski definition) is 2. The number of dihydropyridines is 1. The third kappa shape index (κ3) is 1.82. The van der Waals surface area contributed by atoms with E-state index in [0.717, 1.165) is 11.4 Å². The van der Waals surface area contributed by atoms with Crippen LogP contribution < -0.4 is 0 Å². The molecule has 0 fully saturated rings. The van der Waals surface area contributed by atoms with Crippen molar-refractivity contribution >= 4 is 11.8 Å². The van der Waals surface area contributed by atoms with Crippen LogP contribution in [0.1, 0.15) is 36.8 Å². The van der Waals surface area contributed by atoms with Crippen molar-refractivity contribution in [3.63, 3.8) is 0 Å². The van der Waals surface area contributed by atoms with Crippen LogP contribution in [0.25, 0.3) is 6.08 Å². The minimum atomic E-state index is 0.173. The quantitative estimate of drug-likeness (QED) is 0.731. The van der Waals surface area contributed by atoms with Crippen molar-refractivity contribution in [1.82, 2.24) is 4.98 Å². The van der Waals surface area contributed by atoms with Gasteiger partial charge in [-0.2, -0.15) is 0 Å². The molecule has 1 aromatic rings. The summed E-state index contributed by atoms with van der Waals surface area (Å²) >= 11 is 0. The lowest BCUT2D eigenvalue weighted by Gasteiger charge is -2.28. The summed E-state index contributed by atoms with van der Waals surface area (Å²) in [6, 6.07) is 4.38. The molecule has 2 aliphatic rings. The molecule has 0 saturated heterocycles. The van der Waals surface area contributed by atoms with Crippen LogP contribution in [0, 0.1) is 18.8 Å². The van der Waals surface area contributed by atoms with Crippen LogP contribution in [0.3, 0.4) is 0 Å². The average Bonchev–Trinajstić information content (AvgIpc) is 2.37. The molecule has 3 rings (SSSR count). The largest absolute Gasteiger partial charge is 0.279 e. The van der Waals surface area contributed by atoms with Crippen LogP contribution in [0.5, 0.6) is 0 Å². The van der Waals surface area contributed by atoms with Gasteiger partial charge in [0.1, 0.15) is 6.04 Å². The van der Waals surface area contributed by atoms with Gasteiger partial charge in [-0.1, -0.05) is 38.1 Å². The van der Waals surface area contributed by atoms with Crippen molar-refractivity contribution in [1.29, 1.82) is 0 Å². The SMILES string of the molecule is Cc1ccc2c(n1)C1N=C(C(C)C)C=C[C@@H]1C=C2. The lowest BCUT2D eigenvalue weighted by Crippen LogP contribution is -2.21. The Morgan fingerprint density at radius 1 is 1.11 bits per heavy atom.